The summed E-state index contributed by atoms with van der Waals surface area (Å²) in [5.41, 5.74) is 0. The minimum Gasteiger partial charge on any atom is -1.00 e. The maximum atomic E-state index is 5.54. The van der Waals surface area contributed by atoms with Gasteiger partial charge >= 0.3 is 8.80 Å². The lowest BCUT2D eigenvalue weighted by atomic mass is 10.0. The molecule has 0 amide bonds. The summed E-state index contributed by atoms with van der Waals surface area (Å²) in [4.78, 5) is 0. The van der Waals surface area contributed by atoms with Crippen LogP contribution in [0.15, 0.2) is 0 Å². The molecule has 0 aromatic rings. The van der Waals surface area contributed by atoms with Crippen LogP contribution < -0.4 is 12.4 Å². The molecular formula is C23H52ClNO3Si. The minimum absolute atomic E-state index is 0. The Kier molecular flexibility index (Phi) is 22.0. The van der Waals surface area contributed by atoms with Gasteiger partial charge in [0.15, 0.2) is 0 Å². The van der Waals surface area contributed by atoms with Crippen molar-refractivity contribution in [2.75, 3.05) is 48.5 Å². The molecule has 0 rings (SSSR count). The summed E-state index contributed by atoms with van der Waals surface area (Å²) in [6, 6.07) is 0.877. The van der Waals surface area contributed by atoms with E-state index in [-0.39, 0.29) is 12.4 Å². The van der Waals surface area contributed by atoms with Gasteiger partial charge in [0.2, 0.25) is 0 Å². The predicted molar refractivity (Wildman–Crippen MR) is 124 cm³/mol. The van der Waals surface area contributed by atoms with Gasteiger partial charge in [-0.25, -0.2) is 0 Å². The lowest BCUT2D eigenvalue weighted by Gasteiger charge is -2.33. The third-order valence-corrected chi connectivity index (χ3v) is 8.78. The van der Waals surface area contributed by atoms with E-state index in [4.69, 9.17) is 13.3 Å². The number of rotatable bonds is 21. The first-order valence-electron chi connectivity index (χ1n) is 11.9. The van der Waals surface area contributed by atoms with Crippen molar-refractivity contribution in [1.29, 1.82) is 0 Å². The monoisotopic (exact) mass is 453 g/mol. The van der Waals surface area contributed by atoms with Crippen molar-refractivity contribution in [3.8, 4) is 0 Å². The number of unbranched alkanes of at least 4 members (excludes halogenated alkanes) is 13. The Hall–Kier alpha value is 0.347. The molecule has 0 spiro atoms. The third kappa shape index (κ3) is 17.7. The van der Waals surface area contributed by atoms with E-state index >= 15 is 0 Å². The molecule has 0 saturated carbocycles. The topological polar surface area (TPSA) is 27.7 Å². The smallest absolute Gasteiger partial charge is 0.505 e. The molecule has 6 heteroatoms. The molecule has 0 fully saturated rings. The van der Waals surface area contributed by atoms with E-state index in [2.05, 4.69) is 21.0 Å². The highest BCUT2D eigenvalue weighted by Crippen LogP contribution is 2.17. The molecule has 0 heterocycles. The first kappa shape index (κ1) is 31.5. The van der Waals surface area contributed by atoms with E-state index < -0.39 is 8.80 Å². The molecule has 0 bridgehead atoms. The molecule has 0 saturated heterocycles. The number of nitrogens with zero attached hydrogens (tertiary/aromatic N) is 1. The summed E-state index contributed by atoms with van der Waals surface area (Å²) in [5.74, 6) is 0. The van der Waals surface area contributed by atoms with E-state index in [1.165, 1.54) is 96.4 Å². The van der Waals surface area contributed by atoms with Crippen molar-refractivity contribution >= 4 is 8.80 Å². The van der Waals surface area contributed by atoms with Crippen LogP contribution >= 0.6 is 0 Å². The Morgan fingerprint density at radius 3 is 1.24 bits per heavy atom. The molecule has 0 aliphatic heterocycles. The van der Waals surface area contributed by atoms with Crippen LogP contribution in [0.2, 0.25) is 6.04 Å². The number of hydrogen-bond acceptors (Lipinski definition) is 3. The van der Waals surface area contributed by atoms with E-state index in [0.717, 1.165) is 17.1 Å². The zero-order valence-corrected chi connectivity index (χ0v) is 22.3. The average Bonchev–Trinajstić information content (AvgIpc) is 2.69. The summed E-state index contributed by atoms with van der Waals surface area (Å²) in [5, 5.41) is 0. The first-order chi connectivity index (χ1) is 13.4. The van der Waals surface area contributed by atoms with Crippen molar-refractivity contribution in [3.05, 3.63) is 0 Å². The van der Waals surface area contributed by atoms with Gasteiger partial charge in [0.05, 0.1) is 33.2 Å². The molecule has 0 atom stereocenters. The highest BCUT2D eigenvalue weighted by Gasteiger charge is 2.39. The van der Waals surface area contributed by atoms with Crippen molar-refractivity contribution in [2.24, 2.45) is 0 Å². The van der Waals surface area contributed by atoms with Gasteiger partial charge in [0.25, 0.3) is 0 Å². The van der Waals surface area contributed by atoms with Crippen LogP contribution in [-0.2, 0) is 13.3 Å². The lowest BCUT2D eigenvalue weighted by molar-refractivity contribution is -0.888. The quantitative estimate of drug-likeness (QED) is 0.151. The van der Waals surface area contributed by atoms with Gasteiger partial charge < -0.3 is 30.2 Å². The van der Waals surface area contributed by atoms with Gasteiger partial charge in [-0.3, -0.25) is 0 Å². The second kappa shape index (κ2) is 20.3. The Balaban J connectivity index is 0. The Bertz CT molecular complexity index is 334. The summed E-state index contributed by atoms with van der Waals surface area (Å²) >= 11 is 0. The van der Waals surface area contributed by atoms with Gasteiger partial charge in [0, 0.05) is 21.3 Å². The molecule has 0 aliphatic carbocycles. The minimum atomic E-state index is -2.43. The van der Waals surface area contributed by atoms with Crippen LogP contribution in [0.25, 0.3) is 0 Å². The van der Waals surface area contributed by atoms with Crippen molar-refractivity contribution in [1.82, 2.24) is 0 Å². The van der Waals surface area contributed by atoms with Crippen LogP contribution in [0.4, 0.5) is 0 Å². The molecule has 0 aliphatic rings. The number of halogens is 1. The second-order valence-corrected chi connectivity index (χ2v) is 12.1. The zero-order chi connectivity index (χ0) is 21.1. The van der Waals surface area contributed by atoms with Crippen LogP contribution in [0.1, 0.15) is 96.8 Å². The highest BCUT2D eigenvalue weighted by atomic mass is 35.5. The molecule has 0 radical (unpaired) electrons. The van der Waals surface area contributed by atoms with Crippen LogP contribution in [0, 0.1) is 0 Å². The summed E-state index contributed by atoms with van der Waals surface area (Å²) in [7, 11) is 7.29. The molecule has 29 heavy (non-hydrogen) atoms. The first-order valence-corrected chi connectivity index (χ1v) is 13.9. The lowest BCUT2D eigenvalue weighted by Crippen LogP contribution is -3.00. The number of hydrogen-bond donors (Lipinski definition) is 0. The van der Waals surface area contributed by atoms with E-state index in [9.17, 15) is 0 Å². The van der Waals surface area contributed by atoms with E-state index in [1.54, 1.807) is 21.3 Å². The molecule has 0 unspecified atom stereocenters. The van der Waals surface area contributed by atoms with Gasteiger partial charge in [-0.05, 0) is 12.8 Å². The maximum absolute atomic E-state index is 5.54. The van der Waals surface area contributed by atoms with Crippen LogP contribution in [0.3, 0.4) is 0 Å². The molecule has 0 N–H and O–H groups in total. The third-order valence-electron chi connectivity index (χ3n) is 6.07. The molecular weight excluding hydrogens is 402 g/mol. The molecule has 178 valence electrons. The van der Waals surface area contributed by atoms with Gasteiger partial charge in [0.1, 0.15) is 0 Å². The maximum Gasteiger partial charge on any atom is 0.505 e. The zero-order valence-electron chi connectivity index (χ0n) is 20.6. The van der Waals surface area contributed by atoms with Gasteiger partial charge in [-0.2, -0.15) is 0 Å². The Labute approximate surface area is 190 Å². The molecule has 0 aromatic carbocycles. The standard InChI is InChI=1S/C23H52NO3Si.ClH/c1-7-8-9-10-11-12-13-14-15-16-17-18-19-20-21-24(2,3)22-23-28(25-4,26-5)27-6;/h7-23H2,1-6H3;1H/q+1;/p-1. The predicted octanol–water partition coefficient (Wildman–Crippen LogP) is 3.43. The summed E-state index contributed by atoms with van der Waals surface area (Å²) < 4.78 is 17.6. The average molecular weight is 454 g/mol. The van der Waals surface area contributed by atoms with Crippen LogP contribution in [0.5, 0.6) is 0 Å². The fourth-order valence-electron chi connectivity index (χ4n) is 3.84. The summed E-state index contributed by atoms with van der Waals surface area (Å²) in [6.45, 7) is 4.55. The molecule has 4 nitrogen and oxygen atoms in total. The Morgan fingerprint density at radius 2 is 0.897 bits per heavy atom. The fourth-order valence-corrected chi connectivity index (χ4v) is 5.83. The normalized spacial score (nSPS) is 12.2. The van der Waals surface area contributed by atoms with Crippen molar-refractivity contribution < 1.29 is 30.2 Å². The van der Waals surface area contributed by atoms with Gasteiger partial charge in [-0.1, -0.05) is 84.0 Å². The fraction of sp³-hybridized carbons (Fsp3) is 1.00. The number of quaternary nitrogens is 1. The largest absolute Gasteiger partial charge is 1.00 e. The Morgan fingerprint density at radius 1 is 0.552 bits per heavy atom. The van der Waals surface area contributed by atoms with Crippen molar-refractivity contribution in [2.45, 2.75) is 103 Å². The van der Waals surface area contributed by atoms with Crippen molar-refractivity contribution in [3.63, 3.8) is 0 Å². The van der Waals surface area contributed by atoms with E-state index in [0.29, 0.717) is 0 Å². The summed E-state index contributed by atoms with van der Waals surface area (Å²) in [6.07, 6.45) is 19.8. The molecule has 0 aromatic heterocycles. The SMILES string of the molecule is CCCCCCCCCCCCCCCC[N+](C)(C)CC[Si](OC)(OC)OC.[Cl-]. The second-order valence-electron chi connectivity index (χ2n) is 9.02. The van der Waals surface area contributed by atoms with E-state index in [1.807, 2.05) is 0 Å². The van der Waals surface area contributed by atoms with Crippen LogP contribution in [-0.4, -0.2) is 61.8 Å². The van der Waals surface area contributed by atoms with Gasteiger partial charge in [-0.15, -0.1) is 0 Å². The highest BCUT2D eigenvalue weighted by molar-refractivity contribution is 6.60.